The first kappa shape index (κ1) is 10.4. The van der Waals surface area contributed by atoms with Crippen LogP contribution < -0.4 is 5.32 Å². The van der Waals surface area contributed by atoms with Gasteiger partial charge in [0.25, 0.3) is 0 Å². The van der Waals surface area contributed by atoms with Crippen LogP contribution in [0.3, 0.4) is 0 Å². The second-order valence-electron chi connectivity index (χ2n) is 3.44. The van der Waals surface area contributed by atoms with E-state index in [1.807, 2.05) is 0 Å². The van der Waals surface area contributed by atoms with Crippen molar-refractivity contribution in [3.05, 3.63) is 5.82 Å². The van der Waals surface area contributed by atoms with Crippen molar-refractivity contribution in [2.24, 2.45) is 0 Å². The molecule has 1 fully saturated rings. The molecular formula is C9H15N3O3. The molecule has 6 nitrogen and oxygen atoms in total. The molecule has 0 bridgehead atoms. The molecule has 1 unspecified atom stereocenters. The van der Waals surface area contributed by atoms with Gasteiger partial charge in [0.1, 0.15) is 0 Å². The van der Waals surface area contributed by atoms with E-state index in [9.17, 15) is 0 Å². The fourth-order valence-electron chi connectivity index (χ4n) is 1.47. The molecule has 1 aromatic heterocycles. The average Bonchev–Trinajstić information content (AvgIpc) is 2.87. The van der Waals surface area contributed by atoms with Gasteiger partial charge in [-0.25, -0.2) is 0 Å². The van der Waals surface area contributed by atoms with E-state index in [0.717, 1.165) is 18.9 Å². The summed E-state index contributed by atoms with van der Waals surface area (Å²) in [7, 11) is 1.65. The summed E-state index contributed by atoms with van der Waals surface area (Å²) in [5.74, 6) is 1.01. The molecule has 1 aromatic rings. The van der Waals surface area contributed by atoms with E-state index in [1.54, 1.807) is 7.11 Å². The van der Waals surface area contributed by atoms with Crippen LogP contribution in [0.15, 0.2) is 4.52 Å². The lowest BCUT2D eigenvalue weighted by Gasteiger charge is -1.99. The average molecular weight is 213 g/mol. The van der Waals surface area contributed by atoms with Gasteiger partial charge in [0, 0.05) is 26.2 Å². The Labute approximate surface area is 87.9 Å². The van der Waals surface area contributed by atoms with Gasteiger partial charge in [0.15, 0.2) is 5.82 Å². The molecule has 0 aliphatic carbocycles. The summed E-state index contributed by atoms with van der Waals surface area (Å²) in [6.45, 7) is 2.76. The number of anilines is 1. The zero-order valence-corrected chi connectivity index (χ0v) is 8.73. The Kier molecular flexibility index (Phi) is 3.52. The SMILES string of the molecule is COCCNc1nc(C2CCOC2)no1. The van der Waals surface area contributed by atoms with Crippen LogP contribution in [-0.2, 0) is 9.47 Å². The van der Waals surface area contributed by atoms with E-state index in [-0.39, 0.29) is 5.92 Å². The van der Waals surface area contributed by atoms with Gasteiger partial charge in [-0.1, -0.05) is 5.16 Å². The van der Waals surface area contributed by atoms with E-state index in [2.05, 4.69) is 15.5 Å². The minimum absolute atomic E-state index is 0.284. The zero-order chi connectivity index (χ0) is 10.5. The largest absolute Gasteiger partial charge is 0.383 e. The predicted octanol–water partition coefficient (Wildman–Crippen LogP) is 0.632. The minimum atomic E-state index is 0.284. The Balaban J connectivity index is 1.86. The molecule has 0 radical (unpaired) electrons. The predicted molar refractivity (Wildman–Crippen MR) is 52.8 cm³/mol. The summed E-state index contributed by atoms with van der Waals surface area (Å²) in [6, 6.07) is 0.453. The van der Waals surface area contributed by atoms with Crippen LogP contribution >= 0.6 is 0 Å². The molecule has 0 aromatic carbocycles. The summed E-state index contributed by atoms with van der Waals surface area (Å²) >= 11 is 0. The van der Waals surface area contributed by atoms with Crippen molar-refractivity contribution < 1.29 is 14.0 Å². The molecular weight excluding hydrogens is 198 g/mol. The van der Waals surface area contributed by atoms with Crippen LogP contribution in [0.1, 0.15) is 18.2 Å². The zero-order valence-electron chi connectivity index (χ0n) is 8.73. The molecule has 0 spiro atoms. The minimum Gasteiger partial charge on any atom is -0.383 e. The Morgan fingerprint density at radius 3 is 3.27 bits per heavy atom. The number of rotatable bonds is 5. The van der Waals surface area contributed by atoms with Crippen LogP contribution in [0.25, 0.3) is 0 Å². The van der Waals surface area contributed by atoms with E-state index >= 15 is 0 Å². The van der Waals surface area contributed by atoms with E-state index in [1.165, 1.54) is 0 Å². The molecule has 2 heterocycles. The molecule has 84 valence electrons. The van der Waals surface area contributed by atoms with Crippen molar-refractivity contribution in [3.63, 3.8) is 0 Å². The molecule has 0 saturated carbocycles. The number of aromatic nitrogens is 2. The molecule has 0 amide bonds. The quantitative estimate of drug-likeness (QED) is 0.723. The highest BCUT2D eigenvalue weighted by Gasteiger charge is 2.22. The van der Waals surface area contributed by atoms with E-state index < -0.39 is 0 Å². The number of nitrogens with zero attached hydrogens (tertiary/aromatic N) is 2. The van der Waals surface area contributed by atoms with E-state index in [0.29, 0.717) is 25.8 Å². The van der Waals surface area contributed by atoms with Crippen molar-refractivity contribution in [2.75, 3.05) is 38.8 Å². The first-order valence-corrected chi connectivity index (χ1v) is 5.04. The number of hydrogen-bond acceptors (Lipinski definition) is 6. The summed E-state index contributed by atoms with van der Waals surface area (Å²) in [5, 5.41) is 6.89. The lowest BCUT2D eigenvalue weighted by molar-refractivity contribution is 0.192. The fraction of sp³-hybridized carbons (Fsp3) is 0.778. The van der Waals surface area contributed by atoms with Crippen LogP contribution in [0.2, 0.25) is 0 Å². The Morgan fingerprint density at radius 1 is 1.60 bits per heavy atom. The van der Waals surface area contributed by atoms with Gasteiger partial charge in [-0.05, 0) is 6.42 Å². The summed E-state index contributed by atoms with van der Waals surface area (Å²) < 4.78 is 15.2. The fourth-order valence-corrected chi connectivity index (χ4v) is 1.47. The van der Waals surface area contributed by atoms with Gasteiger partial charge >= 0.3 is 6.01 Å². The molecule has 15 heavy (non-hydrogen) atoms. The third kappa shape index (κ3) is 2.66. The highest BCUT2D eigenvalue weighted by Crippen LogP contribution is 2.23. The summed E-state index contributed by atoms with van der Waals surface area (Å²) in [6.07, 6.45) is 0.969. The van der Waals surface area contributed by atoms with Crippen molar-refractivity contribution in [3.8, 4) is 0 Å². The topological polar surface area (TPSA) is 69.4 Å². The van der Waals surface area contributed by atoms with Crippen LogP contribution in [-0.4, -0.2) is 43.6 Å². The van der Waals surface area contributed by atoms with Gasteiger partial charge in [-0.2, -0.15) is 4.98 Å². The standard InChI is InChI=1S/C9H15N3O3/c1-13-5-3-10-9-11-8(12-15-9)7-2-4-14-6-7/h7H,2-6H2,1H3,(H,10,11,12). The monoisotopic (exact) mass is 213 g/mol. The number of ether oxygens (including phenoxy) is 2. The maximum atomic E-state index is 5.26. The lowest BCUT2D eigenvalue weighted by Crippen LogP contribution is -2.08. The molecule has 6 heteroatoms. The Bertz CT molecular complexity index is 297. The second kappa shape index (κ2) is 5.09. The molecule has 1 atom stereocenters. The normalized spacial score (nSPS) is 20.7. The molecule has 1 aliphatic heterocycles. The van der Waals surface area contributed by atoms with Gasteiger partial charge in [0.2, 0.25) is 0 Å². The van der Waals surface area contributed by atoms with Crippen molar-refractivity contribution in [2.45, 2.75) is 12.3 Å². The molecule has 1 N–H and O–H groups in total. The maximum Gasteiger partial charge on any atom is 0.321 e. The van der Waals surface area contributed by atoms with Crippen LogP contribution in [0.5, 0.6) is 0 Å². The number of nitrogens with one attached hydrogen (secondary N) is 1. The number of methoxy groups -OCH3 is 1. The first-order chi connectivity index (χ1) is 7.40. The Hall–Kier alpha value is -1.14. The van der Waals surface area contributed by atoms with Crippen LogP contribution in [0, 0.1) is 0 Å². The smallest absolute Gasteiger partial charge is 0.321 e. The van der Waals surface area contributed by atoms with Crippen molar-refractivity contribution in [1.29, 1.82) is 0 Å². The van der Waals surface area contributed by atoms with Gasteiger partial charge in [0.05, 0.1) is 13.2 Å². The molecule has 1 aliphatic rings. The third-order valence-corrected chi connectivity index (χ3v) is 2.32. The van der Waals surface area contributed by atoms with Crippen molar-refractivity contribution >= 4 is 6.01 Å². The Morgan fingerprint density at radius 2 is 2.53 bits per heavy atom. The molecule has 1 saturated heterocycles. The van der Waals surface area contributed by atoms with Gasteiger partial charge < -0.3 is 19.3 Å². The van der Waals surface area contributed by atoms with Crippen LogP contribution in [0.4, 0.5) is 6.01 Å². The highest BCUT2D eigenvalue weighted by atomic mass is 16.5. The van der Waals surface area contributed by atoms with Gasteiger partial charge in [-0.15, -0.1) is 0 Å². The third-order valence-electron chi connectivity index (χ3n) is 2.32. The van der Waals surface area contributed by atoms with E-state index in [4.69, 9.17) is 14.0 Å². The molecule has 2 rings (SSSR count). The second-order valence-corrected chi connectivity index (χ2v) is 3.44. The lowest BCUT2D eigenvalue weighted by atomic mass is 10.1. The maximum absolute atomic E-state index is 5.26. The summed E-state index contributed by atoms with van der Waals surface area (Å²) in [5.41, 5.74) is 0. The van der Waals surface area contributed by atoms with Crippen molar-refractivity contribution in [1.82, 2.24) is 10.1 Å². The highest BCUT2D eigenvalue weighted by molar-refractivity contribution is 5.19. The first-order valence-electron chi connectivity index (χ1n) is 5.04. The number of hydrogen-bond donors (Lipinski definition) is 1. The summed E-state index contributed by atoms with van der Waals surface area (Å²) in [4.78, 5) is 4.24. The van der Waals surface area contributed by atoms with Gasteiger partial charge in [-0.3, -0.25) is 0 Å².